The summed E-state index contributed by atoms with van der Waals surface area (Å²) >= 11 is 0. The first-order chi connectivity index (χ1) is 11.9. The molecule has 2 N–H and O–H groups in total. The lowest BCUT2D eigenvalue weighted by Gasteiger charge is -2.37. The van der Waals surface area contributed by atoms with E-state index in [4.69, 9.17) is 9.15 Å². The molecule has 0 atom stereocenters. The van der Waals surface area contributed by atoms with Gasteiger partial charge < -0.3 is 14.5 Å². The van der Waals surface area contributed by atoms with Gasteiger partial charge in [-0.1, -0.05) is 0 Å². The van der Waals surface area contributed by atoms with Crippen LogP contribution >= 0.6 is 0 Å². The van der Waals surface area contributed by atoms with Crippen LogP contribution in [0.15, 0.2) is 44.4 Å². The third kappa shape index (κ3) is 4.09. The van der Waals surface area contributed by atoms with Crippen molar-refractivity contribution in [2.45, 2.75) is 17.7 Å². The molecule has 2 aromatic rings. The van der Waals surface area contributed by atoms with Crippen molar-refractivity contribution in [2.75, 3.05) is 33.4 Å². The number of methoxy groups -OCH3 is 1. The van der Waals surface area contributed by atoms with Crippen molar-refractivity contribution in [3.05, 3.63) is 40.8 Å². The Kier molecular flexibility index (Phi) is 5.24. The van der Waals surface area contributed by atoms with Crippen molar-refractivity contribution in [1.82, 2.24) is 10.0 Å². The molecule has 1 aliphatic heterocycles. The van der Waals surface area contributed by atoms with Crippen LogP contribution in [0.3, 0.4) is 0 Å². The minimum atomic E-state index is -3.66. The van der Waals surface area contributed by atoms with Crippen molar-refractivity contribution in [3.63, 3.8) is 0 Å². The Hall–Kier alpha value is -1.74. The van der Waals surface area contributed by atoms with Crippen LogP contribution in [0, 0.1) is 5.41 Å². The highest BCUT2D eigenvalue weighted by Gasteiger charge is 2.33. The molecule has 7 nitrogen and oxygen atoms in total. The summed E-state index contributed by atoms with van der Waals surface area (Å²) in [6.45, 7) is 2.53. The maximum Gasteiger partial charge on any atom is 0.336 e. The SMILES string of the molecule is COCC1(CNS(=O)(=O)c2ccc3oc(=O)ccc3c2)CCNCC1. The molecule has 0 saturated carbocycles. The van der Waals surface area contributed by atoms with E-state index in [9.17, 15) is 13.2 Å². The van der Waals surface area contributed by atoms with Crippen molar-refractivity contribution >= 4 is 21.0 Å². The number of fused-ring (bicyclic) bond motifs is 1. The molecule has 0 bridgehead atoms. The smallest absolute Gasteiger partial charge is 0.336 e. The molecule has 0 unspecified atom stereocenters. The van der Waals surface area contributed by atoms with Crippen LogP contribution in [0.25, 0.3) is 11.0 Å². The fraction of sp³-hybridized carbons (Fsp3) is 0.471. The number of ether oxygens (including phenoxy) is 1. The van der Waals surface area contributed by atoms with Gasteiger partial charge in [-0.15, -0.1) is 0 Å². The zero-order valence-corrected chi connectivity index (χ0v) is 14.9. The molecule has 0 amide bonds. The molecule has 0 aliphatic carbocycles. The van der Waals surface area contributed by atoms with Crippen LogP contribution in [0.4, 0.5) is 0 Å². The zero-order chi connectivity index (χ0) is 17.9. The molecule has 25 heavy (non-hydrogen) atoms. The molecule has 136 valence electrons. The van der Waals surface area contributed by atoms with Crippen LogP contribution in [0.5, 0.6) is 0 Å². The van der Waals surface area contributed by atoms with Crippen LogP contribution in [-0.2, 0) is 14.8 Å². The first kappa shape index (κ1) is 18.1. The Morgan fingerprint density at radius 3 is 2.72 bits per heavy atom. The van der Waals surface area contributed by atoms with Gasteiger partial charge in [0.2, 0.25) is 10.0 Å². The van der Waals surface area contributed by atoms with E-state index in [2.05, 4.69) is 10.0 Å². The molecular formula is C17H22N2O5S. The van der Waals surface area contributed by atoms with Gasteiger partial charge in [-0.2, -0.15) is 0 Å². The van der Waals surface area contributed by atoms with E-state index >= 15 is 0 Å². The van der Waals surface area contributed by atoms with Crippen LogP contribution in [0.1, 0.15) is 12.8 Å². The molecule has 1 saturated heterocycles. The highest BCUT2D eigenvalue weighted by molar-refractivity contribution is 7.89. The molecule has 1 aliphatic rings. The van der Waals surface area contributed by atoms with Crippen LogP contribution in [0.2, 0.25) is 0 Å². The number of benzene rings is 1. The summed E-state index contributed by atoms with van der Waals surface area (Å²) in [6.07, 6.45) is 1.71. The molecule has 1 aromatic heterocycles. The second kappa shape index (κ2) is 7.25. The average Bonchev–Trinajstić information content (AvgIpc) is 2.61. The van der Waals surface area contributed by atoms with Gasteiger partial charge >= 0.3 is 5.63 Å². The standard InChI is InChI=1S/C17H22N2O5S/c1-23-12-17(6-8-18-9-7-17)11-19-25(21,22)14-3-4-15-13(10-14)2-5-16(20)24-15/h2-5,10,18-19H,6-9,11-12H2,1H3. The third-order valence-electron chi connectivity index (χ3n) is 4.65. The van der Waals surface area contributed by atoms with Gasteiger partial charge in [0, 0.05) is 30.5 Å². The first-order valence-corrected chi connectivity index (χ1v) is 9.66. The Bertz CT molecular complexity index is 895. The summed E-state index contributed by atoms with van der Waals surface area (Å²) in [4.78, 5) is 11.4. The van der Waals surface area contributed by atoms with Gasteiger partial charge in [0.1, 0.15) is 5.58 Å². The number of sulfonamides is 1. The van der Waals surface area contributed by atoms with Gasteiger partial charge in [-0.3, -0.25) is 0 Å². The number of hydrogen-bond donors (Lipinski definition) is 2. The maximum absolute atomic E-state index is 12.7. The second-order valence-corrected chi connectivity index (χ2v) is 8.23. The number of nitrogens with one attached hydrogen (secondary N) is 2. The van der Waals surface area contributed by atoms with E-state index < -0.39 is 15.6 Å². The van der Waals surface area contributed by atoms with Gasteiger partial charge in [-0.25, -0.2) is 17.9 Å². The summed E-state index contributed by atoms with van der Waals surface area (Å²) in [5.74, 6) is 0. The average molecular weight is 366 g/mol. The predicted molar refractivity (Wildman–Crippen MR) is 94.1 cm³/mol. The Morgan fingerprint density at radius 2 is 2.00 bits per heavy atom. The minimum Gasteiger partial charge on any atom is -0.423 e. The fourth-order valence-electron chi connectivity index (χ4n) is 3.18. The van der Waals surface area contributed by atoms with E-state index in [1.807, 2.05) is 0 Å². The lowest BCUT2D eigenvalue weighted by molar-refractivity contribution is 0.0577. The van der Waals surface area contributed by atoms with Gasteiger partial charge in [0.05, 0.1) is 11.5 Å². The molecule has 1 fully saturated rings. The van der Waals surface area contributed by atoms with Crippen molar-refractivity contribution in [2.24, 2.45) is 5.41 Å². The number of rotatable bonds is 6. The fourth-order valence-corrected chi connectivity index (χ4v) is 4.38. The van der Waals surface area contributed by atoms with E-state index in [1.54, 1.807) is 13.2 Å². The summed E-state index contributed by atoms with van der Waals surface area (Å²) in [7, 11) is -2.03. The van der Waals surface area contributed by atoms with Gasteiger partial charge in [0.25, 0.3) is 0 Å². The zero-order valence-electron chi connectivity index (χ0n) is 14.1. The van der Waals surface area contributed by atoms with Crippen LogP contribution in [-0.4, -0.2) is 41.8 Å². The number of piperidine rings is 1. The van der Waals surface area contributed by atoms with Gasteiger partial charge in [-0.05, 0) is 50.2 Å². The Balaban J connectivity index is 1.81. The molecule has 8 heteroatoms. The van der Waals surface area contributed by atoms with Crippen LogP contribution < -0.4 is 15.7 Å². The first-order valence-electron chi connectivity index (χ1n) is 8.17. The van der Waals surface area contributed by atoms with E-state index in [0.717, 1.165) is 25.9 Å². The van der Waals surface area contributed by atoms with Crippen molar-refractivity contribution in [1.29, 1.82) is 0 Å². The highest BCUT2D eigenvalue weighted by atomic mass is 32.2. The second-order valence-electron chi connectivity index (χ2n) is 6.46. The predicted octanol–water partition coefficient (Wildman–Crippen LogP) is 1.09. The summed E-state index contributed by atoms with van der Waals surface area (Å²) in [5.41, 5.74) is -0.300. The largest absolute Gasteiger partial charge is 0.423 e. The molecule has 3 rings (SSSR count). The highest BCUT2D eigenvalue weighted by Crippen LogP contribution is 2.29. The summed E-state index contributed by atoms with van der Waals surface area (Å²) in [6, 6.07) is 7.28. The lowest BCUT2D eigenvalue weighted by Crippen LogP contribution is -2.47. The van der Waals surface area contributed by atoms with E-state index in [1.165, 1.54) is 24.3 Å². The Labute approximate surface area is 146 Å². The topological polar surface area (TPSA) is 97.6 Å². The third-order valence-corrected chi connectivity index (χ3v) is 6.05. The summed E-state index contributed by atoms with van der Waals surface area (Å²) < 4.78 is 38.4. The monoisotopic (exact) mass is 366 g/mol. The molecular weight excluding hydrogens is 344 g/mol. The molecule has 0 spiro atoms. The molecule has 2 heterocycles. The molecule has 0 radical (unpaired) electrons. The van der Waals surface area contributed by atoms with Gasteiger partial charge in [0.15, 0.2) is 0 Å². The number of hydrogen-bond acceptors (Lipinski definition) is 6. The summed E-state index contributed by atoms with van der Waals surface area (Å²) in [5, 5.41) is 3.85. The van der Waals surface area contributed by atoms with Crippen molar-refractivity contribution in [3.8, 4) is 0 Å². The maximum atomic E-state index is 12.7. The normalized spacial score (nSPS) is 17.6. The van der Waals surface area contributed by atoms with E-state index in [-0.39, 0.29) is 10.3 Å². The Morgan fingerprint density at radius 1 is 1.24 bits per heavy atom. The molecule has 1 aromatic carbocycles. The lowest BCUT2D eigenvalue weighted by atomic mass is 9.80. The minimum absolute atomic E-state index is 0.148. The quantitative estimate of drug-likeness (QED) is 0.743. The van der Waals surface area contributed by atoms with E-state index in [0.29, 0.717) is 24.1 Å². The van der Waals surface area contributed by atoms with Crippen molar-refractivity contribution < 1.29 is 17.6 Å².